The van der Waals surface area contributed by atoms with Gasteiger partial charge in [-0.1, -0.05) is 11.8 Å². The van der Waals surface area contributed by atoms with Gasteiger partial charge in [-0.05, 0) is 111 Å². The molecule has 0 aromatic heterocycles. The van der Waals surface area contributed by atoms with Gasteiger partial charge in [0.25, 0.3) is 0 Å². The van der Waals surface area contributed by atoms with Gasteiger partial charge in [0.05, 0.1) is 6.10 Å². The SMILES string of the molecule is CC(C)(C)C#CC1CC(OC2CCC(CC3CCN(C(C)(C)C)CC3)CN2)C1. The van der Waals surface area contributed by atoms with E-state index < -0.39 is 0 Å². The fourth-order valence-corrected chi connectivity index (χ4v) is 4.86. The zero-order valence-corrected chi connectivity index (χ0v) is 19.3. The third-order valence-corrected chi connectivity index (χ3v) is 6.80. The number of rotatable bonds is 4. The van der Waals surface area contributed by atoms with Crippen molar-refractivity contribution in [2.45, 2.75) is 104 Å². The van der Waals surface area contributed by atoms with Crippen LogP contribution in [0.3, 0.4) is 0 Å². The maximum absolute atomic E-state index is 6.29. The molecule has 3 fully saturated rings. The van der Waals surface area contributed by atoms with E-state index in [1.807, 2.05) is 0 Å². The van der Waals surface area contributed by atoms with Crippen LogP contribution < -0.4 is 5.32 Å². The van der Waals surface area contributed by atoms with E-state index in [0.29, 0.717) is 17.6 Å². The first-order chi connectivity index (χ1) is 13.1. The van der Waals surface area contributed by atoms with E-state index in [-0.39, 0.29) is 11.6 Å². The van der Waals surface area contributed by atoms with Gasteiger partial charge in [-0.2, -0.15) is 0 Å². The summed E-state index contributed by atoms with van der Waals surface area (Å²) < 4.78 is 6.29. The molecule has 1 N–H and O–H groups in total. The Morgan fingerprint density at radius 2 is 1.61 bits per heavy atom. The van der Waals surface area contributed by atoms with Crippen LogP contribution >= 0.6 is 0 Å². The lowest BCUT2D eigenvalue weighted by atomic mass is 9.81. The van der Waals surface area contributed by atoms with Crippen LogP contribution in [0.5, 0.6) is 0 Å². The Hall–Kier alpha value is -0.560. The standard InChI is InChI=1S/C25H44N2O/c1-24(2,3)12-9-20-16-22(17-20)28-23-8-7-21(18-26-23)15-19-10-13-27(14-11-19)25(4,5)6/h19-23,26H,7-8,10-11,13-18H2,1-6H3. The summed E-state index contributed by atoms with van der Waals surface area (Å²) in [4.78, 5) is 2.66. The van der Waals surface area contributed by atoms with Crippen LogP contribution in [0.15, 0.2) is 0 Å². The Morgan fingerprint density at radius 3 is 2.14 bits per heavy atom. The van der Waals surface area contributed by atoms with Gasteiger partial charge in [0.15, 0.2) is 0 Å². The van der Waals surface area contributed by atoms with Crippen molar-refractivity contribution in [3.8, 4) is 11.8 Å². The van der Waals surface area contributed by atoms with Crippen molar-refractivity contribution < 1.29 is 4.74 Å². The van der Waals surface area contributed by atoms with Crippen LogP contribution in [0.25, 0.3) is 0 Å². The average molecular weight is 389 g/mol. The molecule has 2 atom stereocenters. The molecule has 2 saturated heterocycles. The monoisotopic (exact) mass is 388 g/mol. The Balaban J connectivity index is 1.29. The predicted molar refractivity (Wildman–Crippen MR) is 118 cm³/mol. The summed E-state index contributed by atoms with van der Waals surface area (Å²) in [5, 5.41) is 3.69. The van der Waals surface area contributed by atoms with E-state index in [0.717, 1.165) is 31.2 Å². The third-order valence-electron chi connectivity index (χ3n) is 6.80. The van der Waals surface area contributed by atoms with Crippen molar-refractivity contribution in [2.24, 2.45) is 23.2 Å². The lowest BCUT2D eigenvalue weighted by Gasteiger charge is -2.42. The lowest BCUT2D eigenvalue weighted by Crippen LogP contribution is -2.47. The molecule has 3 aliphatic rings. The minimum absolute atomic E-state index is 0.120. The van der Waals surface area contributed by atoms with Crippen molar-refractivity contribution >= 4 is 0 Å². The zero-order chi connectivity index (χ0) is 20.4. The van der Waals surface area contributed by atoms with Crippen LogP contribution in [0.1, 0.15) is 86.5 Å². The highest BCUT2D eigenvalue weighted by molar-refractivity contribution is 5.13. The molecule has 2 heterocycles. The fraction of sp³-hybridized carbons (Fsp3) is 0.920. The molecule has 0 spiro atoms. The first-order valence-electron chi connectivity index (χ1n) is 11.7. The van der Waals surface area contributed by atoms with Crippen LogP contribution in [-0.4, -0.2) is 42.4 Å². The molecule has 28 heavy (non-hydrogen) atoms. The normalized spacial score (nSPS) is 33.1. The fourth-order valence-electron chi connectivity index (χ4n) is 4.86. The van der Waals surface area contributed by atoms with Crippen LogP contribution in [-0.2, 0) is 4.74 Å². The van der Waals surface area contributed by atoms with Gasteiger partial charge in [0.1, 0.15) is 6.23 Å². The van der Waals surface area contributed by atoms with Gasteiger partial charge in [0.2, 0.25) is 0 Å². The maximum atomic E-state index is 6.29. The molecule has 3 rings (SSSR count). The maximum Gasteiger partial charge on any atom is 0.108 e. The Morgan fingerprint density at radius 1 is 0.929 bits per heavy atom. The molecule has 1 aliphatic carbocycles. The van der Waals surface area contributed by atoms with Crippen LogP contribution in [0.4, 0.5) is 0 Å². The molecule has 0 radical (unpaired) electrons. The van der Waals surface area contributed by atoms with Crippen molar-refractivity contribution in [1.82, 2.24) is 10.2 Å². The van der Waals surface area contributed by atoms with E-state index in [4.69, 9.17) is 4.74 Å². The molecule has 3 nitrogen and oxygen atoms in total. The van der Waals surface area contributed by atoms with E-state index in [2.05, 4.69) is 63.6 Å². The number of likely N-dealkylation sites (tertiary alicyclic amines) is 1. The van der Waals surface area contributed by atoms with Crippen molar-refractivity contribution in [3.05, 3.63) is 0 Å². The molecule has 160 valence electrons. The molecule has 0 bridgehead atoms. The van der Waals surface area contributed by atoms with Gasteiger partial charge in [-0.25, -0.2) is 0 Å². The molecule has 0 aromatic rings. The van der Waals surface area contributed by atoms with Gasteiger partial charge >= 0.3 is 0 Å². The highest BCUT2D eigenvalue weighted by Gasteiger charge is 2.33. The second-order valence-electron chi connectivity index (χ2n) is 11.6. The minimum Gasteiger partial charge on any atom is -0.360 e. The number of hydrogen-bond donors (Lipinski definition) is 1. The molecule has 3 heteroatoms. The third kappa shape index (κ3) is 6.75. The number of nitrogens with one attached hydrogen (secondary N) is 1. The topological polar surface area (TPSA) is 24.5 Å². The predicted octanol–water partition coefficient (Wildman–Crippen LogP) is 5.06. The summed E-state index contributed by atoms with van der Waals surface area (Å²) in [7, 11) is 0. The highest BCUT2D eigenvalue weighted by atomic mass is 16.5. The first-order valence-corrected chi connectivity index (χ1v) is 11.7. The quantitative estimate of drug-likeness (QED) is 0.682. The largest absolute Gasteiger partial charge is 0.360 e. The van der Waals surface area contributed by atoms with E-state index in [1.165, 1.54) is 45.2 Å². The molecule has 0 amide bonds. The molecule has 0 aromatic carbocycles. The second-order valence-corrected chi connectivity index (χ2v) is 11.6. The van der Waals surface area contributed by atoms with Gasteiger partial charge in [-0.15, -0.1) is 0 Å². The Bertz CT molecular complexity index is 540. The minimum atomic E-state index is 0.120. The van der Waals surface area contributed by atoms with Crippen molar-refractivity contribution in [1.29, 1.82) is 0 Å². The van der Waals surface area contributed by atoms with E-state index in [9.17, 15) is 0 Å². The summed E-state index contributed by atoms with van der Waals surface area (Å²) in [5.74, 6) is 9.14. The van der Waals surface area contributed by atoms with Crippen molar-refractivity contribution in [3.63, 3.8) is 0 Å². The number of nitrogens with zero attached hydrogens (tertiary/aromatic N) is 1. The zero-order valence-electron chi connectivity index (χ0n) is 19.3. The molecular weight excluding hydrogens is 344 g/mol. The molecule has 1 saturated carbocycles. The Kier molecular flexibility index (Phi) is 7.17. The Labute approximate surface area is 174 Å². The smallest absolute Gasteiger partial charge is 0.108 e. The van der Waals surface area contributed by atoms with Crippen LogP contribution in [0.2, 0.25) is 0 Å². The summed E-state index contributed by atoms with van der Waals surface area (Å²) >= 11 is 0. The highest BCUT2D eigenvalue weighted by Crippen LogP contribution is 2.34. The van der Waals surface area contributed by atoms with Crippen molar-refractivity contribution in [2.75, 3.05) is 19.6 Å². The average Bonchev–Trinajstić information content (AvgIpc) is 2.57. The van der Waals surface area contributed by atoms with Gasteiger partial charge in [-0.3, -0.25) is 10.2 Å². The number of piperidine rings is 2. The summed E-state index contributed by atoms with van der Waals surface area (Å²) in [5.41, 5.74) is 0.454. The second kappa shape index (κ2) is 9.07. The molecular formula is C25H44N2O. The van der Waals surface area contributed by atoms with Gasteiger partial charge < -0.3 is 4.74 Å². The van der Waals surface area contributed by atoms with E-state index in [1.54, 1.807) is 0 Å². The summed E-state index contributed by atoms with van der Waals surface area (Å²) in [6, 6.07) is 0. The molecule has 2 unspecified atom stereocenters. The van der Waals surface area contributed by atoms with E-state index >= 15 is 0 Å². The first kappa shape index (κ1) is 22.1. The molecule has 2 aliphatic heterocycles. The van der Waals surface area contributed by atoms with Gasteiger partial charge in [0, 0.05) is 23.4 Å². The lowest BCUT2D eigenvalue weighted by molar-refractivity contribution is -0.0923. The summed E-state index contributed by atoms with van der Waals surface area (Å²) in [6.07, 6.45) is 9.63. The number of hydrogen-bond acceptors (Lipinski definition) is 3. The number of ether oxygens (including phenoxy) is 1. The van der Waals surface area contributed by atoms with Crippen LogP contribution in [0, 0.1) is 35.0 Å². The summed E-state index contributed by atoms with van der Waals surface area (Å²) in [6.45, 7) is 17.3.